The molecule has 0 N–H and O–H groups in total. The first-order valence-electron chi connectivity index (χ1n) is 7.99. The largest absolute Gasteiger partial charge is 0.493 e. The lowest BCUT2D eigenvalue weighted by Gasteiger charge is -2.11. The predicted molar refractivity (Wildman–Crippen MR) is 105 cm³/mol. The smallest absolute Gasteiger partial charge is 0.349 e. The number of nitrogens with zero attached hydrogens (tertiary/aromatic N) is 1. The summed E-state index contributed by atoms with van der Waals surface area (Å²) in [7, 11) is 0. The summed E-state index contributed by atoms with van der Waals surface area (Å²) in [6.45, 7) is 2.49. The molecular weight excluding hydrogens is 466 g/mol. The van der Waals surface area contributed by atoms with Gasteiger partial charge >= 0.3 is 5.97 Å². The van der Waals surface area contributed by atoms with Crippen molar-refractivity contribution in [2.24, 2.45) is 0 Å². The normalized spacial score (nSPS) is 10.1. The third kappa shape index (κ3) is 6.04. The van der Waals surface area contributed by atoms with Gasteiger partial charge in [0.1, 0.15) is 11.5 Å². The summed E-state index contributed by atoms with van der Waals surface area (Å²) < 4.78 is 17.4. The van der Waals surface area contributed by atoms with Gasteiger partial charge in [0.15, 0.2) is 12.4 Å². The lowest BCUT2D eigenvalue weighted by Crippen LogP contribution is -2.18. The Morgan fingerprint density at radius 1 is 1.12 bits per heavy atom. The molecule has 0 aliphatic heterocycles. The number of esters is 1. The van der Waals surface area contributed by atoms with Gasteiger partial charge in [-0.15, -0.1) is 0 Å². The van der Waals surface area contributed by atoms with Gasteiger partial charge in [0.05, 0.1) is 27.2 Å². The van der Waals surface area contributed by atoms with Gasteiger partial charge < -0.3 is 14.2 Å². The molecule has 0 fully saturated rings. The fourth-order valence-corrected chi connectivity index (χ4v) is 3.34. The highest BCUT2D eigenvalue weighted by Gasteiger charge is 2.14. The molecule has 0 aromatic heterocycles. The summed E-state index contributed by atoms with van der Waals surface area (Å²) >= 11 is 6.57. The predicted octanol–water partition coefficient (Wildman–Crippen LogP) is 5.25. The number of hydrogen-bond donors (Lipinski definition) is 0. The van der Waals surface area contributed by atoms with Crippen molar-refractivity contribution in [1.82, 2.24) is 0 Å². The Balaban J connectivity index is 1.93. The van der Waals surface area contributed by atoms with Crippen molar-refractivity contribution in [2.45, 2.75) is 19.8 Å². The SMILES string of the molecule is CCCCOc1cccc(OCC(=O)Oc2c(Br)cc(C#N)cc2Br)c1. The van der Waals surface area contributed by atoms with Gasteiger partial charge in [-0.1, -0.05) is 19.4 Å². The second-order valence-corrected chi connectivity index (χ2v) is 7.03. The molecule has 2 rings (SSSR count). The van der Waals surface area contributed by atoms with Gasteiger partial charge in [0.25, 0.3) is 0 Å². The average molecular weight is 483 g/mol. The summed E-state index contributed by atoms with van der Waals surface area (Å²) in [5.74, 6) is 0.957. The maximum Gasteiger partial charge on any atom is 0.349 e. The number of rotatable bonds is 8. The average Bonchev–Trinajstić information content (AvgIpc) is 2.63. The van der Waals surface area contributed by atoms with Gasteiger partial charge in [0, 0.05) is 6.07 Å². The lowest BCUT2D eigenvalue weighted by atomic mass is 10.2. The van der Waals surface area contributed by atoms with Crippen LogP contribution >= 0.6 is 31.9 Å². The van der Waals surface area contributed by atoms with Crippen LogP contribution in [0.3, 0.4) is 0 Å². The molecule has 0 saturated carbocycles. The van der Waals surface area contributed by atoms with Crippen LogP contribution < -0.4 is 14.2 Å². The first-order chi connectivity index (χ1) is 12.5. The Labute approximate surface area is 169 Å². The van der Waals surface area contributed by atoms with Crippen LogP contribution in [0.15, 0.2) is 45.3 Å². The van der Waals surface area contributed by atoms with Crippen molar-refractivity contribution < 1.29 is 19.0 Å². The summed E-state index contributed by atoms with van der Waals surface area (Å²) in [5.41, 5.74) is 0.444. The van der Waals surface area contributed by atoms with E-state index in [1.807, 2.05) is 12.1 Å². The zero-order valence-corrected chi connectivity index (χ0v) is 17.3. The van der Waals surface area contributed by atoms with Crippen molar-refractivity contribution in [3.05, 3.63) is 50.9 Å². The number of carbonyl (C=O) groups excluding carboxylic acids is 1. The van der Waals surface area contributed by atoms with Gasteiger partial charge in [-0.05, 0) is 62.5 Å². The van der Waals surface area contributed by atoms with E-state index in [1.54, 1.807) is 30.3 Å². The Hall–Kier alpha value is -2.04. The Bertz CT molecular complexity index is 794. The van der Waals surface area contributed by atoms with Crippen molar-refractivity contribution in [1.29, 1.82) is 5.26 Å². The second kappa shape index (κ2) is 10.2. The van der Waals surface area contributed by atoms with Crippen molar-refractivity contribution in [2.75, 3.05) is 13.2 Å². The maximum absolute atomic E-state index is 12.1. The molecule has 7 heteroatoms. The second-order valence-electron chi connectivity index (χ2n) is 5.32. The van der Waals surface area contributed by atoms with E-state index in [1.165, 1.54) is 0 Å². The highest BCUT2D eigenvalue weighted by Crippen LogP contribution is 2.34. The molecule has 5 nitrogen and oxygen atoms in total. The minimum atomic E-state index is -0.562. The van der Waals surface area contributed by atoms with E-state index in [0.29, 0.717) is 38.4 Å². The minimum absolute atomic E-state index is 0.253. The number of ether oxygens (including phenoxy) is 3. The fourth-order valence-electron chi connectivity index (χ4n) is 2.00. The zero-order valence-electron chi connectivity index (χ0n) is 14.1. The monoisotopic (exact) mass is 481 g/mol. The molecule has 0 unspecified atom stereocenters. The summed E-state index contributed by atoms with van der Waals surface area (Å²) in [6, 6.07) is 12.3. The number of nitriles is 1. The van der Waals surface area contributed by atoms with E-state index in [0.717, 1.165) is 12.8 Å². The van der Waals surface area contributed by atoms with Gasteiger partial charge in [-0.2, -0.15) is 5.26 Å². The highest BCUT2D eigenvalue weighted by atomic mass is 79.9. The van der Waals surface area contributed by atoms with Crippen LogP contribution in [0.2, 0.25) is 0 Å². The van der Waals surface area contributed by atoms with Crippen LogP contribution in [0.5, 0.6) is 17.2 Å². The first kappa shape index (κ1) is 20.3. The third-order valence-corrected chi connectivity index (χ3v) is 4.45. The van der Waals surface area contributed by atoms with Crippen molar-refractivity contribution >= 4 is 37.8 Å². The number of halogens is 2. The molecule has 0 aliphatic carbocycles. The molecule has 0 radical (unpaired) electrons. The van der Waals surface area contributed by atoms with E-state index >= 15 is 0 Å². The van der Waals surface area contributed by atoms with Gasteiger partial charge in [-0.25, -0.2) is 4.79 Å². The van der Waals surface area contributed by atoms with Crippen molar-refractivity contribution in [3.8, 4) is 23.3 Å². The quantitative estimate of drug-likeness (QED) is 0.292. The molecule has 0 atom stereocenters. The molecular formula is C19H17Br2NO4. The maximum atomic E-state index is 12.1. The molecule has 0 spiro atoms. The Morgan fingerprint density at radius 3 is 2.38 bits per heavy atom. The first-order valence-corrected chi connectivity index (χ1v) is 9.57. The van der Waals surface area contributed by atoms with Crippen LogP contribution in [-0.2, 0) is 4.79 Å². The Morgan fingerprint density at radius 2 is 1.77 bits per heavy atom. The molecule has 0 bridgehead atoms. The summed E-state index contributed by atoms with van der Waals surface area (Å²) in [4.78, 5) is 12.1. The molecule has 2 aromatic carbocycles. The zero-order chi connectivity index (χ0) is 18.9. The van der Waals surface area contributed by atoms with Gasteiger partial charge in [0.2, 0.25) is 0 Å². The summed E-state index contributed by atoms with van der Waals surface area (Å²) in [5, 5.41) is 8.93. The van der Waals surface area contributed by atoms with E-state index in [9.17, 15) is 4.79 Å². The van der Waals surface area contributed by atoms with Crippen LogP contribution in [-0.4, -0.2) is 19.2 Å². The molecule has 0 aliphatic rings. The molecule has 0 saturated heterocycles. The molecule has 2 aromatic rings. The van der Waals surface area contributed by atoms with Crippen LogP contribution in [0.4, 0.5) is 0 Å². The number of hydrogen-bond acceptors (Lipinski definition) is 5. The van der Waals surface area contributed by atoms with Crippen LogP contribution in [0.1, 0.15) is 25.3 Å². The standard InChI is InChI=1S/C19H17Br2NO4/c1-2-3-7-24-14-5-4-6-15(10-14)25-12-18(23)26-19-16(20)8-13(11-22)9-17(19)21/h4-6,8-10H,2-3,7,12H2,1H3. The van der Waals surface area contributed by atoms with Crippen molar-refractivity contribution in [3.63, 3.8) is 0 Å². The summed E-state index contributed by atoms with van der Waals surface area (Å²) in [6.07, 6.45) is 2.04. The van der Waals surface area contributed by atoms with E-state index < -0.39 is 5.97 Å². The fraction of sp³-hybridized carbons (Fsp3) is 0.263. The Kier molecular flexibility index (Phi) is 7.95. The van der Waals surface area contributed by atoms with Gasteiger partial charge in [-0.3, -0.25) is 0 Å². The molecule has 0 amide bonds. The number of carbonyl (C=O) groups is 1. The lowest BCUT2D eigenvalue weighted by molar-refractivity contribution is -0.136. The van der Waals surface area contributed by atoms with E-state index in [2.05, 4.69) is 38.8 Å². The topological polar surface area (TPSA) is 68.6 Å². The van der Waals surface area contributed by atoms with E-state index in [-0.39, 0.29) is 6.61 Å². The number of unbranched alkanes of at least 4 members (excludes halogenated alkanes) is 1. The molecule has 26 heavy (non-hydrogen) atoms. The van der Waals surface area contributed by atoms with E-state index in [4.69, 9.17) is 19.5 Å². The minimum Gasteiger partial charge on any atom is -0.493 e. The molecule has 0 heterocycles. The third-order valence-electron chi connectivity index (χ3n) is 3.27. The van der Waals surface area contributed by atoms with Crippen LogP contribution in [0, 0.1) is 11.3 Å². The molecule has 136 valence electrons. The van der Waals surface area contributed by atoms with Crippen LogP contribution in [0.25, 0.3) is 0 Å². The highest BCUT2D eigenvalue weighted by molar-refractivity contribution is 9.11. The number of benzene rings is 2.